The first kappa shape index (κ1) is 13.8. The molecule has 1 heterocycles. The van der Waals surface area contributed by atoms with E-state index < -0.39 is 0 Å². The van der Waals surface area contributed by atoms with Crippen LogP contribution in [0.5, 0.6) is 0 Å². The van der Waals surface area contributed by atoms with Gasteiger partial charge in [0.25, 0.3) is 0 Å². The molecule has 1 aliphatic rings. The van der Waals surface area contributed by atoms with E-state index in [2.05, 4.69) is 5.32 Å². The molecule has 1 aromatic rings. The van der Waals surface area contributed by atoms with Gasteiger partial charge in [0, 0.05) is 5.88 Å². The highest BCUT2D eigenvalue weighted by molar-refractivity contribution is 8.00. The summed E-state index contributed by atoms with van der Waals surface area (Å²) in [6.45, 7) is 0. The Morgan fingerprint density at radius 3 is 2.78 bits per heavy atom. The third-order valence-electron chi connectivity index (χ3n) is 3.14. The van der Waals surface area contributed by atoms with Gasteiger partial charge in [-0.2, -0.15) is 0 Å². The molecule has 4 heteroatoms. The topological polar surface area (TPSA) is 29.1 Å². The summed E-state index contributed by atoms with van der Waals surface area (Å²) >= 11 is 7.73. The molecule has 2 nitrogen and oxygen atoms in total. The van der Waals surface area contributed by atoms with Gasteiger partial charge in [-0.05, 0) is 24.2 Å². The average Bonchev–Trinajstić information content (AvgIpc) is 2.46. The van der Waals surface area contributed by atoms with Crippen molar-refractivity contribution in [1.82, 2.24) is 5.32 Å². The van der Waals surface area contributed by atoms with Gasteiger partial charge in [0.2, 0.25) is 5.91 Å². The first-order valence-electron chi connectivity index (χ1n) is 6.34. The Bertz CT molecular complexity index is 379. The molecule has 1 fully saturated rings. The van der Waals surface area contributed by atoms with Gasteiger partial charge in [-0.3, -0.25) is 4.79 Å². The lowest BCUT2D eigenvalue weighted by Crippen LogP contribution is -2.37. The van der Waals surface area contributed by atoms with Crippen molar-refractivity contribution in [2.45, 2.75) is 30.6 Å². The fourth-order valence-electron chi connectivity index (χ4n) is 2.11. The smallest absolute Gasteiger partial charge is 0.233 e. The van der Waals surface area contributed by atoms with Crippen molar-refractivity contribution in [2.24, 2.45) is 0 Å². The fourth-order valence-corrected chi connectivity index (χ4v) is 3.57. The van der Waals surface area contributed by atoms with Crippen molar-refractivity contribution < 1.29 is 4.79 Å². The van der Waals surface area contributed by atoms with Crippen LogP contribution in [-0.4, -0.2) is 22.8 Å². The van der Waals surface area contributed by atoms with Gasteiger partial charge in [-0.1, -0.05) is 36.8 Å². The lowest BCUT2D eigenvalue weighted by atomic mass is 10.1. The molecule has 1 saturated heterocycles. The third kappa shape index (κ3) is 3.66. The van der Waals surface area contributed by atoms with Crippen molar-refractivity contribution in [3.63, 3.8) is 0 Å². The molecule has 18 heavy (non-hydrogen) atoms. The molecule has 2 rings (SSSR count). The Balaban J connectivity index is 1.95. The Morgan fingerprint density at radius 1 is 1.39 bits per heavy atom. The van der Waals surface area contributed by atoms with Crippen LogP contribution in [0.25, 0.3) is 0 Å². The summed E-state index contributed by atoms with van der Waals surface area (Å²) < 4.78 is 0. The predicted molar refractivity (Wildman–Crippen MR) is 78.1 cm³/mol. The van der Waals surface area contributed by atoms with Crippen LogP contribution in [0.1, 0.15) is 30.9 Å². The Hall–Kier alpha value is -0.670. The summed E-state index contributed by atoms with van der Waals surface area (Å²) in [6, 6.07) is 9.83. The van der Waals surface area contributed by atoms with Crippen LogP contribution in [0.4, 0.5) is 0 Å². The number of thioether (sulfide) groups is 1. The first-order valence-corrected chi connectivity index (χ1v) is 7.92. The maximum absolute atomic E-state index is 12.2. The van der Waals surface area contributed by atoms with E-state index in [1.807, 2.05) is 30.3 Å². The highest BCUT2D eigenvalue weighted by Gasteiger charge is 2.24. The summed E-state index contributed by atoms with van der Waals surface area (Å²) in [5, 5.41) is 3.17. The summed E-state index contributed by atoms with van der Waals surface area (Å²) in [7, 11) is 0. The molecular formula is C14H18ClNOS. The maximum atomic E-state index is 12.2. The van der Waals surface area contributed by atoms with Crippen LogP contribution in [0.3, 0.4) is 0 Å². The predicted octanol–water partition coefficient (Wildman–Crippen LogP) is 3.37. The number of rotatable bonds is 4. The van der Waals surface area contributed by atoms with E-state index in [0.29, 0.717) is 5.88 Å². The molecule has 2 atom stereocenters. The second-order valence-electron chi connectivity index (χ2n) is 4.48. The molecule has 0 bridgehead atoms. The van der Waals surface area contributed by atoms with Gasteiger partial charge in [0.1, 0.15) is 0 Å². The lowest BCUT2D eigenvalue weighted by molar-refractivity contribution is -0.121. The zero-order valence-corrected chi connectivity index (χ0v) is 11.8. The first-order chi connectivity index (χ1) is 8.81. The number of hydrogen-bond donors (Lipinski definition) is 1. The number of nitrogens with one attached hydrogen (secondary N) is 1. The number of benzene rings is 1. The zero-order chi connectivity index (χ0) is 12.8. The molecule has 0 saturated carbocycles. The normalized spacial score (nSPS) is 21.3. The van der Waals surface area contributed by atoms with Crippen molar-refractivity contribution in [1.29, 1.82) is 0 Å². The number of hydrogen-bond acceptors (Lipinski definition) is 2. The summed E-state index contributed by atoms with van der Waals surface area (Å²) in [5.74, 6) is 1.64. The molecule has 1 amide bonds. The molecular weight excluding hydrogens is 266 g/mol. The molecule has 1 aliphatic heterocycles. The minimum atomic E-state index is -0.0807. The standard InChI is InChI=1S/C14H18ClNOS/c15-10-12(11-6-2-1-3-7-11)16-14(17)13-8-4-5-9-18-13/h1-3,6-7,12-13H,4-5,8-10H2,(H,16,17). The molecule has 0 radical (unpaired) electrons. The van der Waals surface area contributed by atoms with Gasteiger partial charge in [-0.25, -0.2) is 0 Å². The van der Waals surface area contributed by atoms with E-state index in [-0.39, 0.29) is 17.2 Å². The van der Waals surface area contributed by atoms with Crippen LogP contribution in [-0.2, 0) is 4.79 Å². The summed E-state index contributed by atoms with van der Waals surface area (Å²) in [4.78, 5) is 12.2. The van der Waals surface area contributed by atoms with Crippen molar-refractivity contribution >= 4 is 29.3 Å². The second-order valence-corrected chi connectivity index (χ2v) is 6.10. The van der Waals surface area contributed by atoms with Gasteiger partial charge in [0.05, 0.1) is 11.3 Å². The minimum absolute atomic E-state index is 0.0807. The van der Waals surface area contributed by atoms with Crippen molar-refractivity contribution in [3.8, 4) is 0 Å². The van der Waals surface area contributed by atoms with Gasteiger partial charge < -0.3 is 5.32 Å². The highest BCUT2D eigenvalue weighted by Crippen LogP contribution is 2.26. The molecule has 0 spiro atoms. The van der Waals surface area contributed by atoms with Crippen molar-refractivity contribution in [2.75, 3.05) is 11.6 Å². The number of halogens is 1. The minimum Gasteiger partial charge on any atom is -0.347 e. The number of alkyl halides is 1. The third-order valence-corrected chi connectivity index (χ3v) is 4.83. The summed E-state index contributed by atoms with van der Waals surface area (Å²) in [6.07, 6.45) is 3.37. The highest BCUT2D eigenvalue weighted by atomic mass is 35.5. The average molecular weight is 284 g/mol. The van der Waals surface area contributed by atoms with Crippen LogP contribution >= 0.6 is 23.4 Å². The largest absolute Gasteiger partial charge is 0.347 e. The van der Waals surface area contributed by atoms with Crippen LogP contribution in [0.2, 0.25) is 0 Å². The van der Waals surface area contributed by atoms with Crippen molar-refractivity contribution in [3.05, 3.63) is 35.9 Å². The quantitative estimate of drug-likeness (QED) is 0.859. The van der Waals surface area contributed by atoms with E-state index in [0.717, 1.165) is 24.2 Å². The van der Waals surface area contributed by atoms with E-state index in [9.17, 15) is 4.79 Å². The van der Waals surface area contributed by atoms with E-state index in [1.54, 1.807) is 11.8 Å². The lowest BCUT2D eigenvalue weighted by Gasteiger charge is -2.24. The zero-order valence-electron chi connectivity index (χ0n) is 10.3. The van der Waals surface area contributed by atoms with Gasteiger partial charge >= 0.3 is 0 Å². The molecule has 1 aromatic carbocycles. The second kappa shape index (κ2) is 7.05. The van der Waals surface area contributed by atoms with Gasteiger partial charge in [0.15, 0.2) is 0 Å². The molecule has 98 valence electrons. The SMILES string of the molecule is O=C(NC(CCl)c1ccccc1)C1CCCCS1. The molecule has 0 aliphatic carbocycles. The van der Waals surface area contributed by atoms with Crippen LogP contribution in [0.15, 0.2) is 30.3 Å². The molecule has 2 unspecified atom stereocenters. The molecule has 0 aromatic heterocycles. The van der Waals surface area contributed by atoms with E-state index >= 15 is 0 Å². The maximum Gasteiger partial charge on any atom is 0.233 e. The van der Waals surface area contributed by atoms with Crippen LogP contribution < -0.4 is 5.32 Å². The number of carbonyl (C=O) groups is 1. The number of amides is 1. The van der Waals surface area contributed by atoms with E-state index in [1.165, 1.54) is 6.42 Å². The summed E-state index contributed by atoms with van der Waals surface area (Å²) in [5.41, 5.74) is 1.07. The van der Waals surface area contributed by atoms with Crippen LogP contribution in [0, 0.1) is 0 Å². The Labute approximate surface area is 117 Å². The van der Waals surface area contributed by atoms with Gasteiger partial charge in [-0.15, -0.1) is 23.4 Å². The number of carbonyl (C=O) groups excluding carboxylic acids is 1. The molecule has 1 N–H and O–H groups in total. The monoisotopic (exact) mass is 283 g/mol. The van der Waals surface area contributed by atoms with E-state index in [4.69, 9.17) is 11.6 Å². The fraction of sp³-hybridized carbons (Fsp3) is 0.500. The Kier molecular flexibility index (Phi) is 5.39. The Morgan fingerprint density at radius 2 is 2.17 bits per heavy atom.